The molecule has 8 heteroatoms. The fraction of sp³-hybridized carbons (Fsp3) is 0.222. The predicted molar refractivity (Wildman–Crippen MR) is 97.9 cm³/mol. The molecule has 26 heavy (non-hydrogen) atoms. The molecule has 134 valence electrons. The Labute approximate surface area is 150 Å². The summed E-state index contributed by atoms with van der Waals surface area (Å²) in [6, 6.07) is 9.07. The van der Waals surface area contributed by atoms with E-state index < -0.39 is 0 Å². The highest BCUT2D eigenvalue weighted by Crippen LogP contribution is 2.25. The number of aromatic nitrogens is 2. The SMILES string of the molecule is C=CC(=O)N1CC(Oc2cccc(Nc3cc(NC)nnc3C=O)c2)C1. The second kappa shape index (κ2) is 7.64. The number of benzene rings is 1. The number of anilines is 3. The van der Waals surface area contributed by atoms with Crippen LogP contribution >= 0.6 is 0 Å². The summed E-state index contributed by atoms with van der Waals surface area (Å²) in [5.74, 6) is 1.13. The Morgan fingerprint density at radius 1 is 1.35 bits per heavy atom. The molecule has 2 heterocycles. The van der Waals surface area contributed by atoms with Crippen LogP contribution < -0.4 is 15.4 Å². The molecule has 1 saturated heterocycles. The number of nitrogens with zero attached hydrogens (tertiary/aromatic N) is 3. The molecule has 0 radical (unpaired) electrons. The Morgan fingerprint density at radius 3 is 2.85 bits per heavy atom. The fourth-order valence-corrected chi connectivity index (χ4v) is 2.53. The van der Waals surface area contributed by atoms with Crippen molar-refractivity contribution in [1.29, 1.82) is 0 Å². The van der Waals surface area contributed by atoms with Gasteiger partial charge >= 0.3 is 0 Å². The molecular formula is C18H19N5O3. The van der Waals surface area contributed by atoms with E-state index in [-0.39, 0.29) is 17.7 Å². The number of ether oxygens (including phenoxy) is 1. The van der Waals surface area contributed by atoms with Crippen molar-refractivity contribution in [1.82, 2.24) is 15.1 Å². The van der Waals surface area contributed by atoms with Crippen molar-refractivity contribution in [3.63, 3.8) is 0 Å². The van der Waals surface area contributed by atoms with Gasteiger partial charge in [-0.1, -0.05) is 12.6 Å². The number of likely N-dealkylation sites (tertiary alicyclic amines) is 1. The molecular weight excluding hydrogens is 334 g/mol. The standard InChI is InChI=1S/C18H19N5O3/c1-3-18(25)23-9-14(10-23)26-13-6-4-5-12(7-13)20-15-8-17(19-2)22-21-16(15)11-24/h3-8,11,14H,1,9-10H2,2H3,(H2,19,20,22). The van der Waals surface area contributed by atoms with Crippen LogP contribution in [0.2, 0.25) is 0 Å². The third-order valence-corrected chi connectivity index (χ3v) is 3.94. The number of hydrogen-bond donors (Lipinski definition) is 2. The largest absolute Gasteiger partial charge is 0.487 e. The van der Waals surface area contributed by atoms with Gasteiger partial charge in [-0.3, -0.25) is 9.59 Å². The van der Waals surface area contributed by atoms with E-state index in [9.17, 15) is 9.59 Å². The first-order valence-electron chi connectivity index (χ1n) is 8.08. The number of aldehydes is 1. The maximum absolute atomic E-state index is 11.5. The van der Waals surface area contributed by atoms with Crippen LogP contribution in [0.25, 0.3) is 0 Å². The lowest BCUT2D eigenvalue weighted by molar-refractivity contribution is -0.134. The highest BCUT2D eigenvalue weighted by atomic mass is 16.5. The van der Waals surface area contributed by atoms with Crippen LogP contribution in [0.1, 0.15) is 10.5 Å². The summed E-state index contributed by atoms with van der Waals surface area (Å²) in [4.78, 5) is 24.3. The van der Waals surface area contributed by atoms with Crippen molar-refractivity contribution in [2.24, 2.45) is 0 Å². The Bertz CT molecular complexity index is 833. The number of carbonyl (C=O) groups is 2. The van der Waals surface area contributed by atoms with E-state index >= 15 is 0 Å². The lowest BCUT2D eigenvalue weighted by atomic mass is 10.1. The molecule has 1 amide bonds. The minimum atomic E-state index is -0.0906. The maximum Gasteiger partial charge on any atom is 0.246 e. The van der Waals surface area contributed by atoms with E-state index in [1.807, 2.05) is 24.3 Å². The smallest absolute Gasteiger partial charge is 0.246 e. The number of amides is 1. The molecule has 1 fully saturated rings. The van der Waals surface area contributed by atoms with Crippen molar-refractivity contribution >= 4 is 29.4 Å². The summed E-state index contributed by atoms with van der Waals surface area (Å²) in [5.41, 5.74) is 1.51. The van der Waals surface area contributed by atoms with Crippen molar-refractivity contribution in [3.05, 3.63) is 48.7 Å². The summed E-state index contributed by atoms with van der Waals surface area (Å²) >= 11 is 0. The van der Waals surface area contributed by atoms with Gasteiger partial charge in [-0.05, 0) is 18.2 Å². The van der Waals surface area contributed by atoms with Crippen molar-refractivity contribution < 1.29 is 14.3 Å². The number of carbonyl (C=O) groups excluding carboxylic acids is 2. The van der Waals surface area contributed by atoms with Crippen LogP contribution in [0.4, 0.5) is 17.2 Å². The van der Waals surface area contributed by atoms with E-state index in [1.165, 1.54) is 6.08 Å². The molecule has 3 rings (SSSR count). The molecule has 1 aromatic carbocycles. The van der Waals surface area contributed by atoms with Crippen molar-refractivity contribution in [2.75, 3.05) is 30.8 Å². The number of nitrogens with one attached hydrogen (secondary N) is 2. The van der Waals surface area contributed by atoms with Crippen LogP contribution in [-0.2, 0) is 4.79 Å². The molecule has 0 bridgehead atoms. The van der Waals surface area contributed by atoms with Gasteiger partial charge < -0.3 is 20.3 Å². The molecule has 0 saturated carbocycles. The summed E-state index contributed by atoms with van der Waals surface area (Å²) in [7, 11) is 1.72. The number of rotatable bonds is 7. The quantitative estimate of drug-likeness (QED) is 0.579. The first-order chi connectivity index (χ1) is 12.6. The van der Waals surface area contributed by atoms with Crippen LogP contribution in [0, 0.1) is 0 Å². The van der Waals surface area contributed by atoms with Gasteiger partial charge in [-0.15, -0.1) is 10.2 Å². The minimum Gasteiger partial charge on any atom is -0.487 e. The van der Waals surface area contributed by atoms with Gasteiger partial charge in [0.2, 0.25) is 5.91 Å². The lowest BCUT2D eigenvalue weighted by Crippen LogP contribution is -2.55. The Morgan fingerprint density at radius 2 is 2.15 bits per heavy atom. The lowest BCUT2D eigenvalue weighted by Gasteiger charge is -2.38. The van der Waals surface area contributed by atoms with Crippen LogP contribution in [-0.4, -0.2) is 53.5 Å². The average Bonchev–Trinajstić information content (AvgIpc) is 2.64. The molecule has 2 N–H and O–H groups in total. The van der Waals surface area contributed by atoms with Gasteiger partial charge in [0, 0.05) is 24.9 Å². The van der Waals surface area contributed by atoms with E-state index in [0.29, 0.717) is 36.6 Å². The predicted octanol–water partition coefficient (Wildman–Crippen LogP) is 1.85. The summed E-state index contributed by atoms with van der Waals surface area (Å²) in [6.07, 6.45) is 1.90. The van der Waals surface area contributed by atoms with Gasteiger partial charge in [0.15, 0.2) is 12.1 Å². The summed E-state index contributed by atoms with van der Waals surface area (Å²) in [5, 5.41) is 13.8. The zero-order chi connectivity index (χ0) is 18.5. The van der Waals surface area contributed by atoms with Gasteiger partial charge in [-0.25, -0.2) is 0 Å². The molecule has 0 unspecified atom stereocenters. The normalized spacial score (nSPS) is 13.5. The second-order valence-electron chi connectivity index (χ2n) is 5.74. The highest BCUT2D eigenvalue weighted by molar-refractivity contribution is 5.87. The Kier molecular flexibility index (Phi) is 5.12. The Hall–Kier alpha value is -3.42. The van der Waals surface area contributed by atoms with Crippen LogP contribution in [0.15, 0.2) is 43.0 Å². The molecule has 0 atom stereocenters. The first kappa shape index (κ1) is 17.4. The van der Waals surface area contributed by atoms with E-state index in [0.717, 1.165) is 5.69 Å². The molecule has 1 aliphatic heterocycles. The second-order valence-corrected chi connectivity index (χ2v) is 5.74. The van der Waals surface area contributed by atoms with Gasteiger partial charge in [0.05, 0.1) is 18.8 Å². The molecule has 8 nitrogen and oxygen atoms in total. The topological polar surface area (TPSA) is 96.5 Å². The number of hydrogen-bond acceptors (Lipinski definition) is 7. The molecule has 1 aromatic heterocycles. The van der Waals surface area contributed by atoms with Gasteiger partial charge in [0.25, 0.3) is 0 Å². The zero-order valence-corrected chi connectivity index (χ0v) is 14.3. The third-order valence-electron chi connectivity index (χ3n) is 3.94. The van der Waals surface area contributed by atoms with E-state index in [4.69, 9.17) is 4.74 Å². The van der Waals surface area contributed by atoms with E-state index in [2.05, 4.69) is 27.4 Å². The van der Waals surface area contributed by atoms with Gasteiger partial charge in [-0.2, -0.15) is 0 Å². The molecule has 0 aliphatic carbocycles. The zero-order valence-electron chi connectivity index (χ0n) is 14.3. The van der Waals surface area contributed by atoms with Crippen molar-refractivity contribution in [3.8, 4) is 5.75 Å². The highest BCUT2D eigenvalue weighted by Gasteiger charge is 2.30. The minimum absolute atomic E-state index is 0.0434. The maximum atomic E-state index is 11.5. The summed E-state index contributed by atoms with van der Waals surface area (Å²) in [6.45, 7) is 4.55. The average molecular weight is 353 g/mol. The fourth-order valence-electron chi connectivity index (χ4n) is 2.53. The summed E-state index contributed by atoms with van der Waals surface area (Å²) < 4.78 is 5.88. The first-order valence-corrected chi connectivity index (χ1v) is 8.08. The Balaban J connectivity index is 1.68. The molecule has 1 aliphatic rings. The molecule has 0 spiro atoms. The van der Waals surface area contributed by atoms with Gasteiger partial charge in [0.1, 0.15) is 17.5 Å². The van der Waals surface area contributed by atoms with Crippen LogP contribution in [0.3, 0.4) is 0 Å². The van der Waals surface area contributed by atoms with E-state index in [1.54, 1.807) is 18.0 Å². The van der Waals surface area contributed by atoms with Crippen molar-refractivity contribution in [2.45, 2.75) is 6.10 Å². The van der Waals surface area contributed by atoms with Crippen LogP contribution in [0.5, 0.6) is 5.75 Å². The third kappa shape index (κ3) is 3.80. The monoisotopic (exact) mass is 353 g/mol. The molecule has 2 aromatic rings.